The van der Waals surface area contributed by atoms with E-state index in [9.17, 15) is 4.79 Å². The minimum atomic E-state index is -0.0636. The number of nitrogens with zero attached hydrogens (tertiary/aromatic N) is 4. The summed E-state index contributed by atoms with van der Waals surface area (Å²) in [4.78, 5) is 22.5. The molecule has 3 aromatic heterocycles. The first-order chi connectivity index (χ1) is 16.1. The number of ether oxygens (including phenoxy) is 1. The molecule has 0 saturated heterocycles. The van der Waals surface area contributed by atoms with Crippen molar-refractivity contribution >= 4 is 33.3 Å². The summed E-state index contributed by atoms with van der Waals surface area (Å²) in [5, 5.41) is 6.59. The van der Waals surface area contributed by atoms with Crippen LogP contribution < -0.4 is 10.3 Å². The van der Waals surface area contributed by atoms with Crippen LogP contribution in [0.15, 0.2) is 74.5 Å². The lowest BCUT2D eigenvalue weighted by Crippen LogP contribution is -2.23. The fourth-order valence-corrected chi connectivity index (χ4v) is 5.08. The summed E-state index contributed by atoms with van der Waals surface area (Å²) in [6.45, 7) is 2.41. The topological polar surface area (TPSA) is 83.0 Å². The first-order valence-electron chi connectivity index (χ1n) is 10.2. The Hall–Kier alpha value is -3.43. The number of hydrogen-bond donors (Lipinski definition) is 0. The van der Waals surface area contributed by atoms with E-state index in [0.717, 1.165) is 22.4 Å². The molecule has 0 fully saturated rings. The van der Waals surface area contributed by atoms with Crippen molar-refractivity contribution < 1.29 is 9.26 Å². The summed E-state index contributed by atoms with van der Waals surface area (Å²) in [7, 11) is 1.63. The number of aryl methyl sites for hydroxylation is 1. The van der Waals surface area contributed by atoms with Crippen LogP contribution in [0.4, 0.5) is 0 Å². The third-order valence-electron chi connectivity index (χ3n) is 5.07. The van der Waals surface area contributed by atoms with Gasteiger partial charge in [0.2, 0.25) is 11.7 Å². The van der Waals surface area contributed by atoms with E-state index in [0.29, 0.717) is 39.4 Å². The maximum absolute atomic E-state index is 13.2. The van der Waals surface area contributed by atoms with Crippen molar-refractivity contribution in [1.82, 2.24) is 19.7 Å². The summed E-state index contributed by atoms with van der Waals surface area (Å²) in [6, 6.07) is 17.5. The monoisotopic (exact) mass is 476 g/mol. The molecule has 0 aliphatic rings. The van der Waals surface area contributed by atoms with Crippen LogP contribution in [0.25, 0.3) is 21.6 Å². The lowest BCUT2D eigenvalue weighted by Gasteiger charge is -2.12. The number of methoxy groups -OCH3 is 1. The lowest BCUT2D eigenvalue weighted by molar-refractivity contribution is 0.391. The van der Waals surface area contributed by atoms with Crippen LogP contribution in [0, 0.1) is 6.92 Å². The van der Waals surface area contributed by atoms with Crippen LogP contribution in [0.5, 0.6) is 5.75 Å². The van der Waals surface area contributed by atoms with Gasteiger partial charge in [0.1, 0.15) is 10.4 Å². The van der Waals surface area contributed by atoms with Crippen LogP contribution >= 0.6 is 23.1 Å². The number of thiophene rings is 1. The molecule has 0 atom stereocenters. The van der Waals surface area contributed by atoms with Gasteiger partial charge < -0.3 is 9.26 Å². The normalized spacial score (nSPS) is 11.2. The Morgan fingerprint density at radius 1 is 1.12 bits per heavy atom. The van der Waals surface area contributed by atoms with Crippen molar-refractivity contribution in [3.8, 4) is 17.1 Å². The maximum atomic E-state index is 13.2. The summed E-state index contributed by atoms with van der Waals surface area (Å²) < 4.78 is 13.1. The average molecular weight is 477 g/mol. The summed E-state index contributed by atoms with van der Waals surface area (Å²) in [6.07, 6.45) is 0. The Balaban J connectivity index is 1.44. The second kappa shape index (κ2) is 9.21. The van der Waals surface area contributed by atoms with Crippen LogP contribution in [0.1, 0.15) is 17.0 Å². The van der Waals surface area contributed by atoms with Gasteiger partial charge in [-0.15, -0.1) is 11.3 Å². The van der Waals surface area contributed by atoms with Gasteiger partial charge in [-0.3, -0.25) is 9.36 Å². The van der Waals surface area contributed by atoms with Crippen molar-refractivity contribution in [1.29, 1.82) is 0 Å². The highest BCUT2D eigenvalue weighted by Gasteiger charge is 2.16. The molecule has 5 aromatic rings. The molecule has 0 unspecified atom stereocenters. The largest absolute Gasteiger partial charge is 0.497 e. The smallest absolute Gasteiger partial charge is 0.272 e. The molecule has 0 spiro atoms. The molecule has 166 valence electrons. The maximum Gasteiger partial charge on any atom is 0.272 e. The van der Waals surface area contributed by atoms with Crippen LogP contribution in [0.3, 0.4) is 0 Å². The number of rotatable bonds is 7. The lowest BCUT2D eigenvalue weighted by atomic mass is 10.1. The Labute approximate surface area is 198 Å². The van der Waals surface area contributed by atoms with Gasteiger partial charge in [-0.2, -0.15) is 4.98 Å². The third-order valence-corrected chi connectivity index (χ3v) is 6.93. The minimum Gasteiger partial charge on any atom is -0.497 e. The van der Waals surface area contributed by atoms with E-state index >= 15 is 0 Å². The second-order valence-corrected chi connectivity index (χ2v) is 9.30. The number of hydrogen-bond acceptors (Lipinski definition) is 8. The highest BCUT2D eigenvalue weighted by Crippen LogP contribution is 2.26. The zero-order valence-electron chi connectivity index (χ0n) is 18.0. The Morgan fingerprint density at radius 3 is 2.85 bits per heavy atom. The van der Waals surface area contributed by atoms with Gasteiger partial charge >= 0.3 is 0 Å². The summed E-state index contributed by atoms with van der Waals surface area (Å²) in [5.74, 6) is 2.17. The van der Waals surface area contributed by atoms with Crippen molar-refractivity contribution in [2.75, 3.05) is 7.11 Å². The van der Waals surface area contributed by atoms with Gasteiger partial charge in [0.05, 0.1) is 24.9 Å². The number of fused-ring (bicyclic) bond motifs is 1. The second-order valence-electron chi connectivity index (χ2n) is 7.44. The van der Waals surface area contributed by atoms with Crippen molar-refractivity contribution in [3.63, 3.8) is 0 Å². The zero-order chi connectivity index (χ0) is 22.8. The third kappa shape index (κ3) is 4.55. The highest BCUT2D eigenvalue weighted by molar-refractivity contribution is 7.98. The van der Waals surface area contributed by atoms with E-state index in [2.05, 4.69) is 10.1 Å². The van der Waals surface area contributed by atoms with Crippen molar-refractivity contribution in [2.24, 2.45) is 0 Å². The summed E-state index contributed by atoms with van der Waals surface area (Å²) in [5.41, 5.74) is 3.62. The fourth-order valence-electron chi connectivity index (χ4n) is 3.47. The molecule has 7 nitrogen and oxygen atoms in total. The fraction of sp³-hybridized carbons (Fsp3) is 0.167. The average Bonchev–Trinajstić information content (AvgIpc) is 3.50. The predicted octanol–water partition coefficient (Wildman–Crippen LogP) is 5.17. The summed E-state index contributed by atoms with van der Waals surface area (Å²) >= 11 is 2.80. The molecule has 0 amide bonds. The van der Waals surface area contributed by atoms with Gasteiger partial charge in [-0.05, 0) is 42.1 Å². The molecule has 0 aliphatic heterocycles. The molecule has 0 N–H and O–H groups in total. The molecule has 3 heterocycles. The van der Waals surface area contributed by atoms with Crippen LogP contribution in [0.2, 0.25) is 0 Å². The van der Waals surface area contributed by atoms with E-state index in [1.165, 1.54) is 23.1 Å². The van der Waals surface area contributed by atoms with E-state index in [1.807, 2.05) is 66.9 Å². The molecule has 0 bridgehead atoms. The number of benzene rings is 2. The number of aromatic nitrogens is 4. The molecule has 5 rings (SSSR count). The Morgan fingerprint density at radius 2 is 2.00 bits per heavy atom. The van der Waals surface area contributed by atoms with Crippen molar-refractivity contribution in [2.45, 2.75) is 24.4 Å². The molecule has 0 radical (unpaired) electrons. The van der Waals surface area contributed by atoms with E-state index in [-0.39, 0.29) is 5.56 Å². The van der Waals surface area contributed by atoms with Crippen molar-refractivity contribution in [3.05, 3.63) is 87.3 Å². The van der Waals surface area contributed by atoms with E-state index in [4.69, 9.17) is 14.2 Å². The van der Waals surface area contributed by atoms with Crippen LogP contribution in [-0.2, 0) is 12.3 Å². The van der Waals surface area contributed by atoms with Gasteiger partial charge in [0.25, 0.3) is 5.56 Å². The SMILES string of the molecule is COc1cccc(Cn2c(SCc3nc(-c4cccc(C)c4)no3)nc3ccsc3c2=O)c1. The molecule has 0 aliphatic carbocycles. The standard InChI is InChI=1S/C24H20N4O3S2/c1-15-5-3-7-17(11-15)22-26-20(31-27-22)14-33-24-25-19-9-10-32-21(19)23(29)28(24)13-16-6-4-8-18(12-16)30-2/h3-12H,13-14H2,1-2H3. The quantitative estimate of drug-likeness (QED) is 0.237. The van der Waals surface area contributed by atoms with Crippen LogP contribution in [-0.4, -0.2) is 26.8 Å². The first kappa shape index (κ1) is 21.4. The molecular formula is C24H20N4O3S2. The minimum absolute atomic E-state index is 0.0636. The highest BCUT2D eigenvalue weighted by atomic mass is 32.2. The van der Waals surface area contributed by atoms with E-state index < -0.39 is 0 Å². The zero-order valence-corrected chi connectivity index (χ0v) is 19.7. The first-order valence-corrected chi connectivity index (χ1v) is 12.1. The van der Waals surface area contributed by atoms with Gasteiger partial charge in [0, 0.05) is 5.56 Å². The predicted molar refractivity (Wildman–Crippen MR) is 130 cm³/mol. The van der Waals surface area contributed by atoms with Gasteiger partial charge in [-0.1, -0.05) is 52.8 Å². The number of thioether (sulfide) groups is 1. The molecule has 33 heavy (non-hydrogen) atoms. The molecule has 9 heteroatoms. The van der Waals surface area contributed by atoms with Gasteiger partial charge in [-0.25, -0.2) is 4.98 Å². The van der Waals surface area contributed by atoms with E-state index in [1.54, 1.807) is 11.7 Å². The Bertz CT molecular complexity index is 1490. The molecule has 2 aromatic carbocycles. The molecular weight excluding hydrogens is 456 g/mol. The Kier molecular flexibility index (Phi) is 5.97. The van der Waals surface area contributed by atoms with Gasteiger partial charge in [0.15, 0.2) is 5.16 Å². The molecule has 0 saturated carbocycles.